The summed E-state index contributed by atoms with van der Waals surface area (Å²) in [6.45, 7) is 1.13. The molecule has 0 unspecified atom stereocenters. The molecule has 0 bridgehead atoms. The average Bonchev–Trinajstić information content (AvgIpc) is 2.68. The van der Waals surface area contributed by atoms with Gasteiger partial charge < -0.3 is 9.84 Å². The Morgan fingerprint density at radius 3 is 2.27 bits per heavy atom. The zero-order valence-electron chi connectivity index (χ0n) is 14.5. The Morgan fingerprint density at radius 2 is 1.69 bits per heavy atom. The number of carboxylic acid groups (broad SMARTS) is 1. The van der Waals surface area contributed by atoms with Crippen molar-refractivity contribution in [1.82, 2.24) is 4.31 Å². The van der Waals surface area contributed by atoms with Gasteiger partial charge in [0, 0.05) is 18.7 Å². The van der Waals surface area contributed by atoms with Crippen LogP contribution in [0.25, 0.3) is 11.1 Å². The summed E-state index contributed by atoms with van der Waals surface area (Å²) in [7, 11) is -2.00. The topological polar surface area (TPSA) is 83.9 Å². The van der Waals surface area contributed by atoms with E-state index in [0.717, 1.165) is 24.8 Å². The molecule has 2 aromatic rings. The number of piperidine rings is 1. The van der Waals surface area contributed by atoms with Crippen LogP contribution < -0.4 is 4.74 Å². The molecule has 0 radical (unpaired) electrons. The summed E-state index contributed by atoms with van der Waals surface area (Å²) >= 11 is 0. The Balaban J connectivity index is 1.91. The van der Waals surface area contributed by atoms with Crippen LogP contribution >= 0.6 is 0 Å². The molecule has 0 spiro atoms. The van der Waals surface area contributed by atoms with E-state index in [9.17, 15) is 13.2 Å². The van der Waals surface area contributed by atoms with Crippen LogP contribution in [0.15, 0.2) is 47.4 Å². The second-order valence-electron chi connectivity index (χ2n) is 6.21. The third-order valence-electron chi connectivity index (χ3n) is 4.57. The van der Waals surface area contributed by atoms with Gasteiger partial charge >= 0.3 is 5.97 Å². The van der Waals surface area contributed by atoms with Crippen molar-refractivity contribution in [3.63, 3.8) is 0 Å². The Kier molecular flexibility index (Phi) is 5.29. The van der Waals surface area contributed by atoms with Gasteiger partial charge in [-0.05, 0) is 48.7 Å². The maximum atomic E-state index is 12.7. The van der Waals surface area contributed by atoms with Gasteiger partial charge in [0.15, 0.2) is 0 Å². The lowest BCUT2D eigenvalue weighted by Gasteiger charge is -2.25. The van der Waals surface area contributed by atoms with Crippen molar-refractivity contribution in [3.05, 3.63) is 48.0 Å². The molecule has 2 aromatic carbocycles. The predicted octanol–water partition coefficient (Wildman–Crippen LogP) is 3.24. The monoisotopic (exact) mass is 375 g/mol. The summed E-state index contributed by atoms with van der Waals surface area (Å²) in [5, 5.41) is 9.09. The molecular formula is C19H21NO5S. The maximum absolute atomic E-state index is 12.7. The van der Waals surface area contributed by atoms with E-state index in [4.69, 9.17) is 9.84 Å². The number of sulfonamides is 1. The first-order valence-corrected chi connectivity index (χ1v) is 9.89. The van der Waals surface area contributed by atoms with Gasteiger partial charge in [0.25, 0.3) is 0 Å². The molecule has 1 heterocycles. The van der Waals surface area contributed by atoms with Crippen LogP contribution in [-0.4, -0.2) is 44.0 Å². The predicted molar refractivity (Wildman–Crippen MR) is 98.0 cm³/mol. The van der Waals surface area contributed by atoms with Crippen molar-refractivity contribution < 1.29 is 23.1 Å². The number of hydrogen-bond donors (Lipinski definition) is 1. The number of benzene rings is 2. The van der Waals surface area contributed by atoms with E-state index < -0.39 is 16.0 Å². The lowest BCUT2D eigenvalue weighted by molar-refractivity contribution is 0.0696. The van der Waals surface area contributed by atoms with E-state index in [1.807, 2.05) is 0 Å². The zero-order valence-corrected chi connectivity index (χ0v) is 15.3. The minimum absolute atomic E-state index is 0.134. The molecule has 0 aliphatic carbocycles. The normalized spacial score (nSPS) is 15.6. The zero-order chi connectivity index (χ0) is 18.7. The van der Waals surface area contributed by atoms with E-state index in [1.165, 1.54) is 23.5 Å². The van der Waals surface area contributed by atoms with Crippen LogP contribution in [0.3, 0.4) is 0 Å². The van der Waals surface area contributed by atoms with E-state index in [-0.39, 0.29) is 10.5 Å². The number of carboxylic acids is 1. The largest absolute Gasteiger partial charge is 0.496 e. The van der Waals surface area contributed by atoms with Gasteiger partial charge in [0.2, 0.25) is 10.0 Å². The lowest BCUT2D eigenvalue weighted by atomic mass is 10.0. The Hall–Kier alpha value is -2.38. The summed E-state index contributed by atoms with van der Waals surface area (Å²) in [6.07, 6.45) is 2.85. The van der Waals surface area contributed by atoms with Gasteiger partial charge in [0.05, 0.1) is 17.6 Å². The number of aromatic carboxylic acids is 1. The van der Waals surface area contributed by atoms with Crippen molar-refractivity contribution in [2.24, 2.45) is 0 Å². The summed E-state index contributed by atoms with van der Waals surface area (Å²) in [5.74, 6) is -0.602. The van der Waals surface area contributed by atoms with E-state index in [1.54, 1.807) is 30.3 Å². The molecule has 0 atom stereocenters. The van der Waals surface area contributed by atoms with Gasteiger partial charge in [-0.1, -0.05) is 18.6 Å². The fraction of sp³-hybridized carbons (Fsp3) is 0.316. The third kappa shape index (κ3) is 3.59. The Labute approximate surface area is 153 Å². The summed E-state index contributed by atoms with van der Waals surface area (Å²) < 4.78 is 32.3. The first-order valence-electron chi connectivity index (χ1n) is 8.45. The minimum atomic E-state index is -3.47. The standard InChI is InChI=1S/C19H21NO5S/c1-25-18-13-15(19(21)22)7-10-17(18)14-5-8-16(9-6-14)26(23,24)20-11-3-2-4-12-20/h5-10,13H,2-4,11-12H2,1H3,(H,21,22). The maximum Gasteiger partial charge on any atom is 0.335 e. The highest BCUT2D eigenvalue weighted by atomic mass is 32.2. The second-order valence-corrected chi connectivity index (χ2v) is 8.15. The van der Waals surface area contributed by atoms with Crippen molar-refractivity contribution >= 4 is 16.0 Å². The summed E-state index contributed by atoms with van der Waals surface area (Å²) in [5.41, 5.74) is 1.60. The van der Waals surface area contributed by atoms with E-state index in [2.05, 4.69) is 0 Å². The molecule has 1 N–H and O–H groups in total. The SMILES string of the molecule is COc1cc(C(=O)O)ccc1-c1ccc(S(=O)(=O)N2CCCCC2)cc1. The van der Waals surface area contributed by atoms with Crippen molar-refractivity contribution in [2.45, 2.75) is 24.2 Å². The van der Waals surface area contributed by atoms with Gasteiger partial charge in [-0.25, -0.2) is 13.2 Å². The number of carbonyl (C=O) groups is 1. The van der Waals surface area contributed by atoms with Crippen molar-refractivity contribution in [1.29, 1.82) is 0 Å². The fourth-order valence-electron chi connectivity index (χ4n) is 3.12. The summed E-state index contributed by atoms with van der Waals surface area (Å²) in [4.78, 5) is 11.4. The van der Waals surface area contributed by atoms with E-state index >= 15 is 0 Å². The molecule has 3 rings (SSSR count). The van der Waals surface area contributed by atoms with Crippen LogP contribution in [0, 0.1) is 0 Å². The van der Waals surface area contributed by atoms with Crippen molar-refractivity contribution in [3.8, 4) is 16.9 Å². The molecule has 138 valence electrons. The highest BCUT2D eigenvalue weighted by Crippen LogP contribution is 2.32. The first kappa shape index (κ1) is 18.4. The van der Waals surface area contributed by atoms with Crippen LogP contribution in [-0.2, 0) is 10.0 Å². The molecule has 0 amide bonds. The van der Waals surface area contributed by atoms with Gasteiger partial charge in [-0.15, -0.1) is 0 Å². The third-order valence-corrected chi connectivity index (χ3v) is 6.48. The van der Waals surface area contributed by atoms with Crippen LogP contribution in [0.5, 0.6) is 5.75 Å². The summed E-state index contributed by atoms with van der Waals surface area (Å²) in [6, 6.07) is 11.2. The Bertz CT molecular complexity index is 900. The molecule has 0 aromatic heterocycles. The fourth-order valence-corrected chi connectivity index (χ4v) is 4.64. The number of methoxy groups -OCH3 is 1. The molecule has 0 saturated carbocycles. The highest BCUT2D eigenvalue weighted by molar-refractivity contribution is 7.89. The van der Waals surface area contributed by atoms with Gasteiger partial charge in [-0.3, -0.25) is 0 Å². The van der Waals surface area contributed by atoms with Gasteiger partial charge in [-0.2, -0.15) is 4.31 Å². The molecule has 1 saturated heterocycles. The van der Waals surface area contributed by atoms with Crippen molar-refractivity contribution in [2.75, 3.05) is 20.2 Å². The van der Waals surface area contributed by atoms with Crippen LogP contribution in [0.1, 0.15) is 29.6 Å². The Morgan fingerprint density at radius 1 is 1.04 bits per heavy atom. The molecule has 1 fully saturated rings. The molecular weight excluding hydrogens is 354 g/mol. The number of nitrogens with zero attached hydrogens (tertiary/aromatic N) is 1. The first-order chi connectivity index (χ1) is 12.4. The van der Waals surface area contributed by atoms with Crippen LogP contribution in [0.2, 0.25) is 0 Å². The van der Waals surface area contributed by atoms with E-state index in [0.29, 0.717) is 24.4 Å². The second kappa shape index (κ2) is 7.47. The number of hydrogen-bond acceptors (Lipinski definition) is 4. The average molecular weight is 375 g/mol. The quantitative estimate of drug-likeness (QED) is 0.867. The highest BCUT2D eigenvalue weighted by Gasteiger charge is 2.25. The molecule has 6 nitrogen and oxygen atoms in total. The molecule has 7 heteroatoms. The number of rotatable bonds is 5. The smallest absolute Gasteiger partial charge is 0.335 e. The van der Waals surface area contributed by atoms with Gasteiger partial charge in [0.1, 0.15) is 5.75 Å². The molecule has 1 aliphatic rings. The van der Waals surface area contributed by atoms with Crippen LogP contribution in [0.4, 0.5) is 0 Å². The minimum Gasteiger partial charge on any atom is -0.496 e. The number of ether oxygens (including phenoxy) is 1. The lowest BCUT2D eigenvalue weighted by Crippen LogP contribution is -2.35. The molecule has 1 aliphatic heterocycles. The molecule has 26 heavy (non-hydrogen) atoms.